The molecule has 1 heterocycles. The van der Waals surface area contributed by atoms with Crippen LogP contribution < -0.4 is 5.32 Å². The van der Waals surface area contributed by atoms with Crippen LogP contribution in [0.4, 0.5) is 5.69 Å². The molecule has 1 aromatic heterocycles. The van der Waals surface area contributed by atoms with Gasteiger partial charge in [-0.2, -0.15) is 5.10 Å². The molecule has 1 amide bonds. The molecule has 1 aromatic carbocycles. The van der Waals surface area contributed by atoms with Gasteiger partial charge in [-0.1, -0.05) is 25.4 Å². The number of aryl methyl sites for hydroxylation is 2. The van der Waals surface area contributed by atoms with E-state index in [-0.39, 0.29) is 17.6 Å². The number of phenols is 1. The van der Waals surface area contributed by atoms with Crippen molar-refractivity contribution < 1.29 is 9.90 Å². The Kier molecular flexibility index (Phi) is 5.00. The van der Waals surface area contributed by atoms with Crippen LogP contribution in [-0.2, 0) is 4.79 Å². The Morgan fingerprint density at radius 3 is 2.48 bits per heavy atom. The van der Waals surface area contributed by atoms with E-state index in [1.165, 1.54) is 0 Å². The Labute approximate surface area is 141 Å². The molecular weight excluding hydrogens is 314 g/mol. The first-order valence-corrected chi connectivity index (χ1v) is 7.94. The maximum atomic E-state index is 12.5. The van der Waals surface area contributed by atoms with E-state index in [0.717, 1.165) is 11.1 Å². The van der Waals surface area contributed by atoms with Gasteiger partial charge in [0.1, 0.15) is 11.8 Å². The first-order valence-electron chi connectivity index (χ1n) is 7.56. The van der Waals surface area contributed by atoms with E-state index in [9.17, 15) is 9.90 Å². The van der Waals surface area contributed by atoms with Crippen molar-refractivity contribution in [2.75, 3.05) is 5.32 Å². The lowest BCUT2D eigenvalue weighted by Crippen LogP contribution is -2.24. The average molecular weight is 336 g/mol. The van der Waals surface area contributed by atoms with Gasteiger partial charge in [0, 0.05) is 11.9 Å². The molecule has 2 rings (SSSR count). The molecule has 1 unspecified atom stereocenters. The zero-order valence-corrected chi connectivity index (χ0v) is 14.8. The third-order valence-corrected chi connectivity index (χ3v) is 4.26. The number of phenolic OH excluding ortho intramolecular Hbond substituents is 1. The zero-order chi connectivity index (χ0) is 17.3. The van der Waals surface area contributed by atoms with Gasteiger partial charge in [-0.05, 0) is 49.9 Å². The van der Waals surface area contributed by atoms with Gasteiger partial charge in [-0.25, -0.2) is 0 Å². The van der Waals surface area contributed by atoms with Crippen LogP contribution in [0.3, 0.4) is 0 Å². The normalized spacial score (nSPS) is 12.5. The Balaban J connectivity index is 2.24. The number of nitrogens with zero attached hydrogens (tertiary/aromatic N) is 2. The summed E-state index contributed by atoms with van der Waals surface area (Å²) in [5.74, 6) is 0.224. The minimum Gasteiger partial charge on any atom is -0.508 e. The van der Waals surface area contributed by atoms with Gasteiger partial charge in [0.05, 0.1) is 10.7 Å². The number of rotatable bonds is 4. The van der Waals surface area contributed by atoms with Gasteiger partial charge < -0.3 is 10.4 Å². The van der Waals surface area contributed by atoms with Gasteiger partial charge in [0.15, 0.2) is 0 Å². The second-order valence-corrected chi connectivity index (χ2v) is 6.50. The van der Waals surface area contributed by atoms with E-state index < -0.39 is 6.04 Å². The largest absolute Gasteiger partial charge is 0.508 e. The number of nitrogens with one attached hydrogen (secondary N) is 1. The highest BCUT2D eigenvalue weighted by Crippen LogP contribution is 2.31. The van der Waals surface area contributed by atoms with Crippen molar-refractivity contribution in [3.63, 3.8) is 0 Å². The van der Waals surface area contributed by atoms with E-state index in [2.05, 4.69) is 10.4 Å². The number of halogens is 1. The maximum absolute atomic E-state index is 12.5. The molecule has 0 aliphatic rings. The van der Waals surface area contributed by atoms with E-state index in [1.807, 2.05) is 26.8 Å². The van der Waals surface area contributed by atoms with Crippen molar-refractivity contribution in [3.05, 3.63) is 40.2 Å². The smallest absolute Gasteiger partial charge is 0.248 e. The number of carbonyl (C=O) groups excluding carboxylic acids is 1. The number of aromatic nitrogens is 2. The van der Waals surface area contributed by atoms with E-state index in [4.69, 9.17) is 11.6 Å². The highest BCUT2D eigenvalue weighted by Gasteiger charge is 2.19. The monoisotopic (exact) mass is 335 g/mol. The third-order valence-electron chi connectivity index (χ3n) is 3.89. The molecule has 5 nitrogen and oxygen atoms in total. The first kappa shape index (κ1) is 17.3. The lowest BCUT2D eigenvalue weighted by atomic mass is 9.99. The molecule has 0 aliphatic heterocycles. The standard InChI is InChI=1S/C17H22ClN3O2/c1-9(2)13-7-15(10(3)6-16(13)22)19-17(23)12(5)21-8-14(18)11(4)20-21/h6-9,12,22H,1-5H3,(H,19,23). The van der Waals surface area contributed by atoms with Crippen molar-refractivity contribution >= 4 is 23.2 Å². The highest BCUT2D eigenvalue weighted by atomic mass is 35.5. The van der Waals surface area contributed by atoms with Crippen LogP contribution in [0.15, 0.2) is 18.3 Å². The van der Waals surface area contributed by atoms with E-state index in [1.54, 1.807) is 30.8 Å². The number of amides is 1. The Hall–Kier alpha value is -2.01. The Morgan fingerprint density at radius 2 is 1.96 bits per heavy atom. The van der Waals surface area contributed by atoms with Gasteiger partial charge in [-0.15, -0.1) is 0 Å². The predicted molar refractivity (Wildman–Crippen MR) is 92.2 cm³/mol. The van der Waals surface area contributed by atoms with Crippen molar-refractivity contribution in [1.82, 2.24) is 9.78 Å². The summed E-state index contributed by atoms with van der Waals surface area (Å²) in [5.41, 5.74) is 2.99. The summed E-state index contributed by atoms with van der Waals surface area (Å²) in [6, 6.07) is 3.00. The number of anilines is 1. The summed E-state index contributed by atoms with van der Waals surface area (Å²) in [6.45, 7) is 9.39. The molecule has 0 saturated carbocycles. The third kappa shape index (κ3) is 3.67. The lowest BCUT2D eigenvalue weighted by molar-refractivity contribution is -0.119. The SMILES string of the molecule is Cc1cc(O)c(C(C)C)cc1NC(=O)C(C)n1cc(Cl)c(C)n1. The fourth-order valence-corrected chi connectivity index (χ4v) is 2.46. The highest BCUT2D eigenvalue weighted by molar-refractivity contribution is 6.31. The maximum Gasteiger partial charge on any atom is 0.248 e. The Morgan fingerprint density at radius 1 is 1.30 bits per heavy atom. The number of hydrogen-bond acceptors (Lipinski definition) is 3. The summed E-state index contributed by atoms with van der Waals surface area (Å²) >= 11 is 5.99. The number of benzene rings is 1. The quantitative estimate of drug-likeness (QED) is 0.823. The summed E-state index contributed by atoms with van der Waals surface area (Å²) in [4.78, 5) is 12.5. The fourth-order valence-electron chi connectivity index (χ4n) is 2.32. The molecule has 124 valence electrons. The molecule has 0 saturated heterocycles. The summed E-state index contributed by atoms with van der Waals surface area (Å²) in [5, 5.41) is 17.7. The molecule has 6 heteroatoms. The van der Waals surface area contributed by atoms with Gasteiger partial charge in [0.2, 0.25) is 5.91 Å². The van der Waals surface area contributed by atoms with Crippen LogP contribution in [0.5, 0.6) is 5.75 Å². The summed E-state index contributed by atoms with van der Waals surface area (Å²) in [6.07, 6.45) is 1.64. The fraction of sp³-hybridized carbons (Fsp3) is 0.412. The topological polar surface area (TPSA) is 67.2 Å². The molecule has 2 aromatic rings. The molecule has 0 radical (unpaired) electrons. The van der Waals surface area contributed by atoms with Crippen LogP contribution >= 0.6 is 11.6 Å². The second kappa shape index (κ2) is 6.62. The van der Waals surface area contributed by atoms with Crippen LogP contribution in [0, 0.1) is 13.8 Å². The lowest BCUT2D eigenvalue weighted by Gasteiger charge is -2.17. The minimum absolute atomic E-state index is 0.163. The van der Waals surface area contributed by atoms with Crippen LogP contribution in [-0.4, -0.2) is 20.8 Å². The predicted octanol–water partition coefficient (Wildman–Crippen LogP) is 4.18. The van der Waals surface area contributed by atoms with Gasteiger partial charge in [0.25, 0.3) is 0 Å². The van der Waals surface area contributed by atoms with Crippen molar-refractivity contribution in [3.8, 4) is 5.75 Å². The van der Waals surface area contributed by atoms with E-state index in [0.29, 0.717) is 16.4 Å². The van der Waals surface area contributed by atoms with Crippen LogP contribution in [0.1, 0.15) is 49.6 Å². The summed E-state index contributed by atoms with van der Waals surface area (Å²) < 4.78 is 1.55. The molecular formula is C17H22ClN3O2. The molecule has 23 heavy (non-hydrogen) atoms. The molecule has 2 N–H and O–H groups in total. The molecule has 0 fully saturated rings. The van der Waals surface area contributed by atoms with Crippen molar-refractivity contribution in [1.29, 1.82) is 0 Å². The van der Waals surface area contributed by atoms with E-state index >= 15 is 0 Å². The number of hydrogen-bond donors (Lipinski definition) is 2. The molecule has 0 aliphatic carbocycles. The first-order chi connectivity index (χ1) is 10.7. The Bertz CT molecular complexity index is 718. The van der Waals surface area contributed by atoms with Gasteiger partial charge >= 0.3 is 0 Å². The molecule has 0 spiro atoms. The second-order valence-electron chi connectivity index (χ2n) is 6.09. The molecule has 0 bridgehead atoms. The minimum atomic E-state index is -0.489. The molecule has 1 atom stereocenters. The van der Waals surface area contributed by atoms with Crippen molar-refractivity contribution in [2.45, 2.75) is 46.6 Å². The number of aromatic hydroxyl groups is 1. The average Bonchev–Trinajstić information content (AvgIpc) is 2.80. The van der Waals surface area contributed by atoms with Gasteiger partial charge in [-0.3, -0.25) is 9.48 Å². The van der Waals surface area contributed by atoms with Crippen LogP contribution in [0.2, 0.25) is 5.02 Å². The number of carbonyl (C=O) groups is 1. The van der Waals surface area contributed by atoms with Crippen molar-refractivity contribution in [2.24, 2.45) is 0 Å². The zero-order valence-electron chi connectivity index (χ0n) is 14.0. The van der Waals surface area contributed by atoms with Crippen LogP contribution in [0.25, 0.3) is 0 Å². The summed E-state index contributed by atoms with van der Waals surface area (Å²) in [7, 11) is 0.